The van der Waals surface area contributed by atoms with Crippen molar-refractivity contribution >= 4 is 27.7 Å². The van der Waals surface area contributed by atoms with Gasteiger partial charge in [0.1, 0.15) is 5.60 Å². The van der Waals surface area contributed by atoms with Gasteiger partial charge >= 0.3 is 6.09 Å². The van der Waals surface area contributed by atoms with Gasteiger partial charge in [-0.1, -0.05) is 12.1 Å². The van der Waals surface area contributed by atoms with Crippen LogP contribution in [0.15, 0.2) is 24.3 Å². The zero-order chi connectivity index (χ0) is 16.4. The zero-order valence-electron chi connectivity index (χ0n) is 13.7. The maximum absolute atomic E-state index is 12.1. The Morgan fingerprint density at radius 2 is 2.17 bits per heavy atom. The second-order valence-electron chi connectivity index (χ2n) is 6.88. The van der Waals surface area contributed by atoms with E-state index in [0.29, 0.717) is 24.9 Å². The molecule has 0 aliphatic carbocycles. The second-order valence-corrected chi connectivity index (χ2v) is 7.68. The number of benzene rings is 1. The number of hydrogen-bond acceptors (Lipinski definition) is 5. The predicted molar refractivity (Wildman–Crippen MR) is 91.0 cm³/mol. The van der Waals surface area contributed by atoms with E-state index >= 15 is 0 Å². The molecule has 1 unspecified atom stereocenters. The third-order valence-electron chi connectivity index (χ3n) is 3.74. The van der Waals surface area contributed by atoms with Gasteiger partial charge in [0.2, 0.25) is 5.88 Å². The number of carbonyl (C=O) groups is 1. The maximum Gasteiger partial charge on any atom is 0.410 e. The van der Waals surface area contributed by atoms with Crippen LogP contribution in [0.5, 0.6) is 5.88 Å². The van der Waals surface area contributed by atoms with E-state index in [-0.39, 0.29) is 6.09 Å². The Labute approximate surface area is 140 Å². The highest BCUT2D eigenvalue weighted by Gasteiger charge is 2.30. The highest BCUT2D eigenvalue weighted by atomic mass is 32.1. The van der Waals surface area contributed by atoms with E-state index in [1.165, 1.54) is 11.5 Å². The molecule has 0 bridgehead atoms. The van der Waals surface area contributed by atoms with Crippen LogP contribution in [0.4, 0.5) is 4.79 Å². The summed E-state index contributed by atoms with van der Waals surface area (Å²) >= 11 is 1.45. The molecule has 1 aromatic heterocycles. The number of rotatable bonds is 3. The Balaban J connectivity index is 1.53. The zero-order valence-corrected chi connectivity index (χ0v) is 14.6. The standard InChI is InChI=1S/C17H22N2O3S/c1-17(2,3)22-16(20)19-9-8-12(10-19)11-21-15-13-6-4-5-7-14(13)23-18-15/h4-7,12H,8-11H2,1-3H3. The second kappa shape index (κ2) is 6.35. The lowest BCUT2D eigenvalue weighted by atomic mass is 10.1. The summed E-state index contributed by atoms with van der Waals surface area (Å²) in [6.07, 6.45) is 0.695. The molecule has 1 aliphatic rings. The number of carbonyl (C=O) groups excluding carboxylic acids is 1. The molecule has 3 rings (SSSR count). The molecule has 1 fully saturated rings. The fourth-order valence-electron chi connectivity index (χ4n) is 2.62. The first-order chi connectivity index (χ1) is 10.9. The Kier molecular flexibility index (Phi) is 4.43. The van der Waals surface area contributed by atoms with Crippen molar-refractivity contribution in [1.29, 1.82) is 0 Å². The largest absolute Gasteiger partial charge is 0.476 e. The van der Waals surface area contributed by atoms with Gasteiger partial charge in [0.15, 0.2) is 0 Å². The van der Waals surface area contributed by atoms with Crippen LogP contribution in [0.1, 0.15) is 27.2 Å². The third kappa shape index (κ3) is 3.93. The van der Waals surface area contributed by atoms with E-state index < -0.39 is 5.60 Å². The van der Waals surface area contributed by atoms with Crippen LogP contribution < -0.4 is 4.74 Å². The first-order valence-electron chi connectivity index (χ1n) is 7.87. The van der Waals surface area contributed by atoms with E-state index in [4.69, 9.17) is 9.47 Å². The number of hydrogen-bond donors (Lipinski definition) is 0. The summed E-state index contributed by atoms with van der Waals surface area (Å²) in [7, 11) is 0. The fourth-order valence-corrected chi connectivity index (χ4v) is 3.35. The molecular formula is C17H22N2O3S. The minimum absolute atomic E-state index is 0.237. The molecule has 0 spiro atoms. The van der Waals surface area contributed by atoms with Gasteiger partial charge in [0.25, 0.3) is 0 Å². The number of ether oxygens (including phenoxy) is 2. The number of aromatic nitrogens is 1. The topological polar surface area (TPSA) is 51.7 Å². The number of nitrogens with zero attached hydrogens (tertiary/aromatic N) is 2. The molecule has 1 atom stereocenters. The molecule has 0 radical (unpaired) electrons. The lowest BCUT2D eigenvalue weighted by Crippen LogP contribution is -2.35. The number of amides is 1. The minimum atomic E-state index is -0.453. The van der Waals surface area contributed by atoms with E-state index in [9.17, 15) is 4.79 Å². The number of fused-ring (bicyclic) bond motifs is 1. The molecule has 23 heavy (non-hydrogen) atoms. The molecule has 124 valence electrons. The van der Waals surface area contributed by atoms with Gasteiger partial charge < -0.3 is 14.4 Å². The van der Waals surface area contributed by atoms with Gasteiger partial charge in [0, 0.05) is 19.0 Å². The molecule has 0 saturated carbocycles. The monoisotopic (exact) mass is 334 g/mol. The Morgan fingerprint density at radius 3 is 2.96 bits per heavy atom. The van der Waals surface area contributed by atoms with Crippen molar-refractivity contribution in [3.05, 3.63) is 24.3 Å². The van der Waals surface area contributed by atoms with Crippen molar-refractivity contribution in [3.63, 3.8) is 0 Å². The van der Waals surface area contributed by atoms with Crippen molar-refractivity contribution < 1.29 is 14.3 Å². The molecule has 2 aromatic rings. The summed E-state index contributed by atoms with van der Waals surface area (Å²) in [5, 5.41) is 1.06. The normalized spacial score (nSPS) is 18.4. The molecule has 2 heterocycles. The number of likely N-dealkylation sites (tertiary alicyclic amines) is 1. The summed E-state index contributed by atoms with van der Waals surface area (Å²) < 4.78 is 16.8. The maximum atomic E-state index is 12.1. The van der Waals surface area contributed by atoms with Gasteiger partial charge in [-0.2, -0.15) is 4.37 Å². The Bertz CT molecular complexity index is 692. The smallest absolute Gasteiger partial charge is 0.410 e. The molecule has 1 saturated heterocycles. The Hall–Kier alpha value is -1.82. The van der Waals surface area contributed by atoms with Gasteiger partial charge in [-0.05, 0) is 50.9 Å². The molecule has 6 heteroatoms. The Morgan fingerprint density at radius 1 is 1.39 bits per heavy atom. The summed E-state index contributed by atoms with van der Waals surface area (Å²) in [5.74, 6) is 1.02. The van der Waals surface area contributed by atoms with Crippen molar-refractivity contribution in [2.24, 2.45) is 5.92 Å². The van der Waals surface area contributed by atoms with Gasteiger partial charge in [0.05, 0.1) is 16.7 Å². The summed E-state index contributed by atoms with van der Waals surface area (Å²) in [6, 6.07) is 8.05. The van der Waals surface area contributed by atoms with Gasteiger partial charge in [-0.3, -0.25) is 0 Å². The van der Waals surface area contributed by atoms with E-state index in [0.717, 1.165) is 23.1 Å². The fraction of sp³-hybridized carbons (Fsp3) is 0.529. The average molecular weight is 334 g/mol. The third-order valence-corrected chi connectivity index (χ3v) is 4.55. The van der Waals surface area contributed by atoms with E-state index in [1.807, 2.05) is 45.0 Å². The van der Waals surface area contributed by atoms with Crippen LogP contribution in [0.3, 0.4) is 0 Å². The highest BCUT2D eigenvalue weighted by molar-refractivity contribution is 7.13. The molecule has 5 nitrogen and oxygen atoms in total. The minimum Gasteiger partial charge on any atom is -0.476 e. The van der Waals surface area contributed by atoms with Gasteiger partial charge in [-0.25, -0.2) is 4.79 Å². The lowest BCUT2D eigenvalue weighted by Gasteiger charge is -2.24. The molecular weight excluding hydrogens is 312 g/mol. The molecule has 1 aromatic carbocycles. The van der Waals surface area contributed by atoms with Crippen LogP contribution in [0, 0.1) is 5.92 Å². The van der Waals surface area contributed by atoms with E-state index in [1.54, 1.807) is 4.90 Å². The van der Waals surface area contributed by atoms with Gasteiger partial charge in [-0.15, -0.1) is 0 Å². The predicted octanol–water partition coefficient (Wildman–Crippen LogP) is 3.93. The van der Waals surface area contributed by atoms with Crippen LogP contribution in [0.2, 0.25) is 0 Å². The molecule has 1 aliphatic heterocycles. The van der Waals surface area contributed by atoms with Crippen molar-refractivity contribution in [1.82, 2.24) is 9.27 Å². The molecule has 0 N–H and O–H groups in total. The molecule has 1 amide bonds. The van der Waals surface area contributed by atoms with E-state index in [2.05, 4.69) is 4.37 Å². The quantitative estimate of drug-likeness (QED) is 0.853. The first-order valence-corrected chi connectivity index (χ1v) is 8.65. The van der Waals surface area contributed by atoms with Crippen molar-refractivity contribution in [3.8, 4) is 5.88 Å². The summed E-state index contributed by atoms with van der Waals surface area (Å²) in [4.78, 5) is 13.8. The lowest BCUT2D eigenvalue weighted by molar-refractivity contribution is 0.0284. The van der Waals surface area contributed by atoms with Crippen LogP contribution in [-0.4, -0.2) is 40.7 Å². The first kappa shape index (κ1) is 16.1. The SMILES string of the molecule is CC(C)(C)OC(=O)N1CCC(COc2nsc3ccccc23)C1. The van der Waals surface area contributed by atoms with Crippen LogP contribution >= 0.6 is 11.5 Å². The average Bonchev–Trinajstić information content (AvgIpc) is 3.10. The van der Waals surface area contributed by atoms with Crippen molar-refractivity contribution in [2.45, 2.75) is 32.8 Å². The van der Waals surface area contributed by atoms with Crippen LogP contribution in [-0.2, 0) is 4.74 Å². The van der Waals surface area contributed by atoms with Crippen LogP contribution in [0.25, 0.3) is 10.1 Å². The highest BCUT2D eigenvalue weighted by Crippen LogP contribution is 2.29. The van der Waals surface area contributed by atoms with Crippen molar-refractivity contribution in [2.75, 3.05) is 19.7 Å². The summed E-state index contributed by atoms with van der Waals surface area (Å²) in [6.45, 7) is 7.63. The summed E-state index contributed by atoms with van der Waals surface area (Å²) in [5.41, 5.74) is -0.453.